The molecule has 0 unspecified atom stereocenters. The van der Waals surface area contributed by atoms with Gasteiger partial charge in [-0.15, -0.1) is 0 Å². The molecule has 11 heavy (non-hydrogen) atoms. The number of hydrogen-bond acceptors (Lipinski definition) is 4. The summed E-state index contributed by atoms with van der Waals surface area (Å²) in [5.41, 5.74) is 1.91. The van der Waals surface area contributed by atoms with Crippen LogP contribution in [0.4, 0.5) is 0 Å². The van der Waals surface area contributed by atoms with Gasteiger partial charge in [-0.1, -0.05) is 0 Å². The van der Waals surface area contributed by atoms with E-state index in [1.165, 1.54) is 0 Å². The summed E-state index contributed by atoms with van der Waals surface area (Å²) in [7, 11) is -3.21. The number of aromatic nitrogens is 2. The van der Waals surface area contributed by atoms with Gasteiger partial charge in [-0.3, -0.25) is 0 Å². The van der Waals surface area contributed by atoms with Crippen molar-refractivity contribution >= 4 is 9.84 Å². The zero-order chi connectivity index (χ0) is 8.06. The van der Waals surface area contributed by atoms with E-state index in [4.69, 9.17) is 0 Å². The maximum atomic E-state index is 10.9. The van der Waals surface area contributed by atoms with E-state index in [1.54, 1.807) is 6.20 Å². The molecule has 0 saturated carbocycles. The summed E-state index contributed by atoms with van der Waals surface area (Å²) in [5, 5.41) is -0.0613. The Morgan fingerprint density at radius 1 is 1.55 bits per heavy atom. The fraction of sp³-hybridized carbons (Fsp3) is 0.333. The molecule has 1 heterocycles. The molecule has 0 aliphatic heterocycles. The minimum atomic E-state index is -3.21. The highest BCUT2D eigenvalue weighted by Gasteiger charge is 2.22. The van der Waals surface area contributed by atoms with Crippen molar-refractivity contribution in [2.75, 3.05) is 6.26 Å². The summed E-state index contributed by atoms with van der Waals surface area (Å²) in [6.07, 6.45) is 3.47. The average molecular weight is 170 g/mol. The van der Waals surface area contributed by atoms with Gasteiger partial charge in [0.15, 0.2) is 0 Å². The zero-order valence-electron chi connectivity index (χ0n) is 5.90. The van der Waals surface area contributed by atoms with Gasteiger partial charge in [-0.2, -0.15) is 0 Å². The van der Waals surface area contributed by atoms with E-state index in [1.807, 2.05) is 0 Å². The Hall–Kier alpha value is -0.970. The Labute approximate surface area is 64.2 Å². The Morgan fingerprint density at radius 3 is 2.82 bits per heavy atom. The van der Waals surface area contributed by atoms with Crippen LogP contribution in [0, 0.1) is 0 Å². The largest absolute Gasteiger partial charge is 0.247 e. The van der Waals surface area contributed by atoms with Crippen LogP contribution in [0.25, 0.3) is 0 Å². The normalized spacial score (nSPS) is 14.3. The third kappa shape index (κ3) is 1.11. The molecule has 0 bridgehead atoms. The first-order valence-electron chi connectivity index (χ1n) is 3.12. The van der Waals surface area contributed by atoms with Crippen molar-refractivity contribution in [1.29, 1.82) is 0 Å². The molecule has 0 spiro atoms. The van der Waals surface area contributed by atoms with Crippen molar-refractivity contribution in [2.24, 2.45) is 0 Å². The molecule has 0 fully saturated rings. The van der Waals surface area contributed by atoms with E-state index in [9.17, 15) is 8.42 Å². The predicted molar refractivity (Wildman–Crippen MR) is 37.9 cm³/mol. The first kappa shape index (κ1) is 6.72. The molecule has 0 atom stereocenters. The summed E-state index contributed by atoms with van der Waals surface area (Å²) in [6, 6.07) is 0. The van der Waals surface area contributed by atoms with E-state index in [-0.39, 0.29) is 5.16 Å². The molecule has 2 rings (SSSR count). The van der Waals surface area contributed by atoms with Crippen molar-refractivity contribution in [2.45, 2.75) is 11.6 Å². The van der Waals surface area contributed by atoms with Gasteiger partial charge >= 0.3 is 0 Å². The lowest BCUT2D eigenvalue weighted by Gasteiger charge is -1.91. The summed E-state index contributed by atoms with van der Waals surface area (Å²) in [5.74, 6) is 0. The van der Waals surface area contributed by atoms with Gasteiger partial charge in [0, 0.05) is 18.9 Å². The van der Waals surface area contributed by atoms with Crippen LogP contribution >= 0.6 is 0 Å². The fourth-order valence-corrected chi connectivity index (χ4v) is 1.34. The highest BCUT2D eigenvalue weighted by Crippen LogP contribution is 2.24. The first-order chi connectivity index (χ1) is 5.07. The lowest BCUT2D eigenvalue weighted by molar-refractivity contribution is 0.593. The minimum absolute atomic E-state index is 0.0613. The number of fused-ring (bicyclic) bond motifs is 1. The zero-order valence-corrected chi connectivity index (χ0v) is 6.72. The summed E-state index contributed by atoms with van der Waals surface area (Å²) < 4.78 is 21.8. The third-order valence-electron chi connectivity index (χ3n) is 1.50. The molecule has 1 aliphatic carbocycles. The summed E-state index contributed by atoms with van der Waals surface area (Å²) in [6.45, 7) is 0. The quantitative estimate of drug-likeness (QED) is 0.555. The Balaban J connectivity index is 2.59. The lowest BCUT2D eigenvalue weighted by Crippen LogP contribution is -2.02. The Kier molecular flexibility index (Phi) is 1.09. The smallest absolute Gasteiger partial charge is 0.227 e. The molecule has 5 heteroatoms. The van der Waals surface area contributed by atoms with Crippen LogP contribution in [0.2, 0.25) is 0 Å². The van der Waals surface area contributed by atoms with Crippen molar-refractivity contribution in [3.8, 4) is 0 Å². The van der Waals surface area contributed by atoms with Crippen molar-refractivity contribution in [1.82, 2.24) is 9.97 Å². The highest BCUT2D eigenvalue weighted by molar-refractivity contribution is 7.90. The van der Waals surface area contributed by atoms with Gasteiger partial charge in [0.05, 0.1) is 5.69 Å². The fourth-order valence-electron chi connectivity index (χ4n) is 0.824. The molecular weight excluding hydrogens is 164 g/mol. The number of rotatable bonds is 1. The van der Waals surface area contributed by atoms with Crippen LogP contribution in [0.5, 0.6) is 0 Å². The van der Waals surface area contributed by atoms with Crippen molar-refractivity contribution in [3.63, 3.8) is 0 Å². The van der Waals surface area contributed by atoms with Gasteiger partial charge in [0.2, 0.25) is 15.0 Å². The second-order valence-electron chi connectivity index (χ2n) is 2.57. The molecule has 4 nitrogen and oxygen atoms in total. The Bertz CT molecular complexity index is 411. The molecule has 58 valence electrons. The topological polar surface area (TPSA) is 59.9 Å². The molecule has 0 amide bonds. The first-order valence-corrected chi connectivity index (χ1v) is 5.01. The third-order valence-corrected chi connectivity index (χ3v) is 2.36. The molecule has 1 aromatic rings. The van der Waals surface area contributed by atoms with Crippen molar-refractivity contribution in [3.05, 3.63) is 17.5 Å². The van der Waals surface area contributed by atoms with E-state index in [2.05, 4.69) is 9.97 Å². The molecule has 1 aliphatic rings. The van der Waals surface area contributed by atoms with Crippen LogP contribution in [0.15, 0.2) is 11.4 Å². The molecular formula is C6H6N2O2S. The van der Waals surface area contributed by atoms with Gasteiger partial charge in [-0.25, -0.2) is 18.4 Å². The number of hydrogen-bond donors (Lipinski definition) is 0. The van der Waals surface area contributed by atoms with Crippen molar-refractivity contribution < 1.29 is 8.42 Å². The molecule has 0 N–H and O–H groups in total. The van der Waals surface area contributed by atoms with E-state index < -0.39 is 9.84 Å². The van der Waals surface area contributed by atoms with Gasteiger partial charge in [0.25, 0.3) is 0 Å². The van der Waals surface area contributed by atoms with Crippen LogP contribution in [-0.2, 0) is 16.3 Å². The highest BCUT2D eigenvalue weighted by atomic mass is 32.2. The summed E-state index contributed by atoms with van der Waals surface area (Å²) >= 11 is 0. The molecule has 0 saturated heterocycles. The van der Waals surface area contributed by atoms with Crippen LogP contribution < -0.4 is 0 Å². The summed E-state index contributed by atoms with van der Waals surface area (Å²) in [4.78, 5) is 7.54. The lowest BCUT2D eigenvalue weighted by atomic mass is 10.6. The second-order valence-corrected chi connectivity index (χ2v) is 4.48. The monoisotopic (exact) mass is 170 g/mol. The van der Waals surface area contributed by atoms with E-state index in [0.29, 0.717) is 0 Å². The predicted octanol–water partition coefficient (Wildman–Crippen LogP) is -0.216. The van der Waals surface area contributed by atoms with Gasteiger partial charge in [-0.05, 0) is 5.56 Å². The molecule has 1 aromatic heterocycles. The van der Waals surface area contributed by atoms with Gasteiger partial charge < -0.3 is 0 Å². The van der Waals surface area contributed by atoms with E-state index in [0.717, 1.165) is 23.9 Å². The van der Waals surface area contributed by atoms with E-state index >= 15 is 0 Å². The maximum absolute atomic E-state index is 10.9. The van der Waals surface area contributed by atoms with Crippen LogP contribution in [0.3, 0.4) is 0 Å². The Morgan fingerprint density at radius 2 is 2.27 bits per heavy atom. The number of nitrogens with zero attached hydrogens (tertiary/aromatic N) is 2. The van der Waals surface area contributed by atoms with Crippen LogP contribution in [-0.4, -0.2) is 24.6 Å². The molecule has 0 aromatic carbocycles. The standard InChI is InChI=1S/C6H6N2O2S/c1-11(9,10)6-7-3-4-2-5(4)8-6/h3H,2H2,1H3. The average Bonchev–Trinajstić information content (AvgIpc) is 2.60. The number of sulfone groups is 1. The minimum Gasteiger partial charge on any atom is -0.227 e. The van der Waals surface area contributed by atoms with Gasteiger partial charge in [0.1, 0.15) is 0 Å². The maximum Gasteiger partial charge on any atom is 0.247 e. The second kappa shape index (κ2) is 1.79. The molecule has 0 radical (unpaired) electrons. The van der Waals surface area contributed by atoms with Crippen LogP contribution in [0.1, 0.15) is 11.3 Å². The SMILES string of the molecule is CS(=O)(=O)c1ncc2c(n1)C2.